The first-order valence-corrected chi connectivity index (χ1v) is 12.7. The number of sulfone groups is 1. The van der Waals surface area contributed by atoms with Crippen LogP contribution < -0.4 is 10.2 Å². The predicted molar refractivity (Wildman–Crippen MR) is 145 cm³/mol. The van der Waals surface area contributed by atoms with Gasteiger partial charge in [-0.3, -0.25) is 4.99 Å². The number of hydrogen-bond acceptors (Lipinski definition) is 4. The van der Waals surface area contributed by atoms with Crippen LogP contribution in [0.25, 0.3) is 0 Å². The highest BCUT2D eigenvalue weighted by Gasteiger charge is 2.21. The lowest BCUT2D eigenvalue weighted by Crippen LogP contribution is -2.52. The van der Waals surface area contributed by atoms with Crippen LogP contribution in [0, 0.1) is 13.8 Å². The van der Waals surface area contributed by atoms with E-state index >= 15 is 0 Å². The Morgan fingerprint density at radius 2 is 1.69 bits per heavy atom. The molecule has 1 heterocycles. The molecule has 2 aromatic carbocycles. The van der Waals surface area contributed by atoms with Gasteiger partial charge in [-0.2, -0.15) is 0 Å². The number of benzene rings is 2. The highest BCUT2D eigenvalue weighted by atomic mass is 127. The summed E-state index contributed by atoms with van der Waals surface area (Å²) in [5, 5.41) is 3.34. The van der Waals surface area contributed by atoms with Gasteiger partial charge in [-0.15, -0.1) is 24.0 Å². The monoisotopic (exact) mass is 570 g/mol. The maximum absolute atomic E-state index is 12.4. The van der Waals surface area contributed by atoms with E-state index in [1.807, 2.05) is 30.3 Å². The van der Waals surface area contributed by atoms with Crippen LogP contribution in [-0.2, 0) is 15.6 Å². The van der Waals surface area contributed by atoms with Gasteiger partial charge >= 0.3 is 0 Å². The zero-order chi connectivity index (χ0) is 22.3. The fraction of sp³-hybridized carbons (Fsp3) is 0.458. The first-order chi connectivity index (χ1) is 14.9. The van der Waals surface area contributed by atoms with Crippen molar-refractivity contribution in [1.29, 1.82) is 0 Å². The highest BCUT2D eigenvalue weighted by molar-refractivity contribution is 14.0. The second-order valence-electron chi connectivity index (χ2n) is 8.10. The average Bonchev–Trinajstić information content (AvgIpc) is 2.76. The van der Waals surface area contributed by atoms with Gasteiger partial charge in [-0.05, 0) is 43.0 Å². The third-order valence-corrected chi connectivity index (χ3v) is 7.54. The summed E-state index contributed by atoms with van der Waals surface area (Å²) in [6, 6.07) is 15.8. The first kappa shape index (κ1) is 26.4. The molecular weight excluding hydrogens is 535 g/mol. The second-order valence-corrected chi connectivity index (χ2v) is 10.3. The number of piperazine rings is 1. The molecule has 1 aliphatic heterocycles. The molecule has 1 N–H and O–H groups in total. The molecule has 1 saturated heterocycles. The Kier molecular flexibility index (Phi) is 10.3. The van der Waals surface area contributed by atoms with Crippen molar-refractivity contribution < 1.29 is 8.42 Å². The van der Waals surface area contributed by atoms with Crippen LogP contribution in [0.1, 0.15) is 23.1 Å². The predicted octanol–water partition coefficient (Wildman–Crippen LogP) is 3.62. The molecule has 0 saturated carbocycles. The molecule has 1 fully saturated rings. The van der Waals surface area contributed by atoms with Gasteiger partial charge in [0.1, 0.15) is 0 Å². The molecule has 0 unspecified atom stereocenters. The number of nitrogens with zero attached hydrogens (tertiary/aromatic N) is 3. The lowest BCUT2D eigenvalue weighted by atomic mass is 10.1. The average molecular weight is 571 g/mol. The van der Waals surface area contributed by atoms with Crippen LogP contribution in [0.15, 0.2) is 53.5 Å². The number of aryl methyl sites for hydroxylation is 1. The quantitative estimate of drug-likeness (QED) is 0.239. The third-order valence-electron chi connectivity index (χ3n) is 5.85. The van der Waals surface area contributed by atoms with Gasteiger partial charge in [0.15, 0.2) is 15.8 Å². The molecule has 176 valence electrons. The Balaban J connectivity index is 0.00000363. The van der Waals surface area contributed by atoms with Gasteiger partial charge in [0.25, 0.3) is 0 Å². The Labute approximate surface area is 210 Å². The SMILES string of the molecule is CN=C(NCCCS(=O)(=O)Cc1ccccc1)N1CCN(c2cccc(C)c2C)CC1.I. The van der Waals surface area contributed by atoms with Gasteiger partial charge in [-0.1, -0.05) is 42.5 Å². The maximum Gasteiger partial charge on any atom is 0.193 e. The summed E-state index contributed by atoms with van der Waals surface area (Å²) >= 11 is 0. The number of rotatable bonds is 7. The van der Waals surface area contributed by atoms with Crippen molar-refractivity contribution in [3.63, 3.8) is 0 Å². The zero-order valence-electron chi connectivity index (χ0n) is 19.3. The van der Waals surface area contributed by atoms with E-state index in [1.54, 1.807) is 7.05 Å². The molecule has 2 aromatic rings. The van der Waals surface area contributed by atoms with Crippen LogP contribution in [0.2, 0.25) is 0 Å². The van der Waals surface area contributed by atoms with Crippen LogP contribution in [0.5, 0.6) is 0 Å². The summed E-state index contributed by atoms with van der Waals surface area (Å²) in [6.45, 7) is 8.59. The summed E-state index contributed by atoms with van der Waals surface area (Å²) in [5.74, 6) is 1.12. The summed E-state index contributed by atoms with van der Waals surface area (Å²) < 4.78 is 24.7. The lowest BCUT2D eigenvalue weighted by molar-refractivity contribution is 0.372. The largest absolute Gasteiger partial charge is 0.368 e. The summed E-state index contributed by atoms with van der Waals surface area (Å²) in [6.07, 6.45) is 0.566. The van der Waals surface area contributed by atoms with E-state index in [-0.39, 0.29) is 35.5 Å². The van der Waals surface area contributed by atoms with Crippen molar-refractivity contribution >= 4 is 45.5 Å². The summed E-state index contributed by atoms with van der Waals surface area (Å²) in [7, 11) is -1.33. The summed E-state index contributed by atoms with van der Waals surface area (Å²) in [4.78, 5) is 9.09. The van der Waals surface area contributed by atoms with E-state index in [9.17, 15) is 8.42 Å². The molecular formula is C24H35IN4O2S. The number of guanidine groups is 1. The number of nitrogens with one attached hydrogen (secondary N) is 1. The van der Waals surface area contributed by atoms with Crippen molar-refractivity contribution in [2.45, 2.75) is 26.0 Å². The van der Waals surface area contributed by atoms with E-state index in [1.165, 1.54) is 16.8 Å². The van der Waals surface area contributed by atoms with Crippen LogP contribution in [0.4, 0.5) is 5.69 Å². The normalized spacial score (nSPS) is 14.8. The molecule has 0 amide bonds. The molecule has 0 spiro atoms. The van der Waals surface area contributed by atoms with Gasteiger partial charge in [0.2, 0.25) is 0 Å². The van der Waals surface area contributed by atoms with Crippen molar-refractivity contribution in [1.82, 2.24) is 10.2 Å². The van der Waals surface area contributed by atoms with E-state index in [4.69, 9.17) is 0 Å². The molecule has 3 rings (SSSR count). The number of anilines is 1. The van der Waals surface area contributed by atoms with Crippen molar-refractivity contribution in [3.05, 3.63) is 65.2 Å². The van der Waals surface area contributed by atoms with Gasteiger partial charge < -0.3 is 15.1 Å². The van der Waals surface area contributed by atoms with Gasteiger partial charge in [0, 0.05) is 45.5 Å². The lowest BCUT2D eigenvalue weighted by Gasteiger charge is -2.38. The Hall–Kier alpha value is -1.81. The fourth-order valence-electron chi connectivity index (χ4n) is 3.96. The second kappa shape index (κ2) is 12.4. The first-order valence-electron chi connectivity index (χ1n) is 10.9. The van der Waals surface area contributed by atoms with Gasteiger partial charge in [0.05, 0.1) is 11.5 Å². The van der Waals surface area contributed by atoms with Crippen LogP contribution in [0.3, 0.4) is 0 Å². The fourth-order valence-corrected chi connectivity index (χ4v) is 5.39. The Bertz CT molecular complexity index is 988. The maximum atomic E-state index is 12.4. The molecule has 1 aliphatic rings. The molecule has 0 radical (unpaired) electrons. The van der Waals surface area contributed by atoms with E-state index in [0.717, 1.165) is 37.7 Å². The molecule has 0 aliphatic carbocycles. The van der Waals surface area contributed by atoms with E-state index in [2.05, 4.69) is 52.2 Å². The van der Waals surface area contributed by atoms with Crippen molar-refractivity contribution in [3.8, 4) is 0 Å². The molecule has 0 aromatic heterocycles. The Morgan fingerprint density at radius 3 is 2.34 bits per heavy atom. The van der Waals surface area contributed by atoms with Gasteiger partial charge in [-0.25, -0.2) is 8.42 Å². The van der Waals surface area contributed by atoms with Crippen LogP contribution in [-0.4, -0.2) is 64.8 Å². The van der Waals surface area contributed by atoms with Crippen molar-refractivity contribution in [2.24, 2.45) is 4.99 Å². The third kappa shape index (κ3) is 7.37. The molecule has 6 nitrogen and oxygen atoms in total. The summed E-state index contributed by atoms with van der Waals surface area (Å²) in [5.41, 5.74) is 4.81. The molecule has 0 atom stereocenters. The van der Waals surface area contributed by atoms with E-state index in [0.29, 0.717) is 13.0 Å². The minimum atomic E-state index is -3.11. The topological polar surface area (TPSA) is 65.0 Å². The highest BCUT2D eigenvalue weighted by Crippen LogP contribution is 2.23. The van der Waals surface area contributed by atoms with Crippen molar-refractivity contribution in [2.75, 3.05) is 50.4 Å². The zero-order valence-corrected chi connectivity index (χ0v) is 22.4. The molecule has 8 heteroatoms. The molecule has 32 heavy (non-hydrogen) atoms. The van der Waals surface area contributed by atoms with Crippen LogP contribution >= 0.6 is 24.0 Å². The number of hydrogen-bond donors (Lipinski definition) is 1. The molecule has 0 bridgehead atoms. The minimum absolute atomic E-state index is 0. The Morgan fingerprint density at radius 1 is 1.00 bits per heavy atom. The number of halogens is 1. The smallest absolute Gasteiger partial charge is 0.193 e. The number of aliphatic imine (C=N–C) groups is 1. The standard InChI is InChI=1S/C24H34N4O2S.HI/c1-20-9-7-12-23(21(20)2)27-14-16-28(17-15-27)24(25-3)26-13-8-18-31(29,30)19-22-10-5-4-6-11-22;/h4-7,9-12H,8,13-19H2,1-3H3,(H,25,26);1H. The minimum Gasteiger partial charge on any atom is -0.368 e. The van der Waals surface area contributed by atoms with E-state index < -0.39 is 9.84 Å².